The number of rotatable bonds is 1. The predicted molar refractivity (Wildman–Crippen MR) is 64.8 cm³/mol. The molecule has 2 rings (SSSR count). The third kappa shape index (κ3) is 2.76. The van der Waals surface area contributed by atoms with E-state index in [1.54, 1.807) is 0 Å². The molecule has 1 spiro atoms. The lowest BCUT2D eigenvalue weighted by atomic mass is 9.88. The van der Waals surface area contributed by atoms with Crippen LogP contribution < -0.4 is 11.2 Å². The molecule has 2 saturated heterocycles. The lowest BCUT2D eigenvalue weighted by Crippen LogP contribution is -2.42. The molecule has 2 amide bonds. The van der Waals surface area contributed by atoms with Gasteiger partial charge in [0.25, 0.3) is 0 Å². The fourth-order valence-electron chi connectivity index (χ4n) is 2.54. The largest absolute Gasteiger partial charge is 0.366 e. The number of carbonyl (C=O) groups is 1. The number of urea groups is 1. The summed E-state index contributed by atoms with van der Waals surface area (Å²) in [5, 5.41) is 4.03. The maximum atomic E-state index is 10.6. The molecule has 6 heteroatoms. The van der Waals surface area contributed by atoms with Crippen molar-refractivity contribution < 1.29 is 9.53 Å². The van der Waals surface area contributed by atoms with Crippen LogP contribution in [0.4, 0.5) is 4.79 Å². The number of carbonyl (C=O) groups excluding carboxylic acids is 1. The summed E-state index contributed by atoms with van der Waals surface area (Å²) in [6.07, 6.45) is 2.79. The summed E-state index contributed by atoms with van der Waals surface area (Å²) in [4.78, 5) is 12.9. The Morgan fingerprint density at radius 2 is 2.24 bits per heavy atom. The van der Waals surface area contributed by atoms with Crippen molar-refractivity contribution >= 4 is 11.7 Å². The number of primary amides is 1. The molecule has 0 bridgehead atoms. The summed E-state index contributed by atoms with van der Waals surface area (Å²) in [5.74, 6) is 0. The molecular formula is C11H20N4O2. The maximum Gasteiger partial charge on any atom is 0.332 e. The molecule has 0 aliphatic carbocycles. The van der Waals surface area contributed by atoms with Gasteiger partial charge in [-0.2, -0.15) is 5.10 Å². The Morgan fingerprint density at radius 3 is 2.82 bits per heavy atom. The summed E-state index contributed by atoms with van der Waals surface area (Å²) in [6, 6.07) is -0.631. The van der Waals surface area contributed by atoms with E-state index in [9.17, 15) is 4.79 Å². The first-order chi connectivity index (χ1) is 8.01. The highest BCUT2D eigenvalue weighted by molar-refractivity contribution is 5.92. The number of ether oxygens (including phenoxy) is 1. The fourth-order valence-corrected chi connectivity index (χ4v) is 2.54. The molecule has 0 aromatic rings. The van der Waals surface area contributed by atoms with Crippen LogP contribution in [0.15, 0.2) is 5.10 Å². The molecule has 3 N–H and O–H groups in total. The van der Waals surface area contributed by atoms with E-state index in [2.05, 4.69) is 22.5 Å². The van der Waals surface area contributed by atoms with Crippen LogP contribution in [-0.4, -0.2) is 48.5 Å². The number of amides is 2. The molecule has 0 aromatic heterocycles. The second kappa shape index (κ2) is 4.62. The van der Waals surface area contributed by atoms with E-state index in [0.29, 0.717) is 0 Å². The van der Waals surface area contributed by atoms with Crippen LogP contribution in [0.1, 0.15) is 26.2 Å². The molecular weight excluding hydrogens is 220 g/mol. The Bertz CT molecular complexity index is 334. The third-order valence-electron chi connectivity index (χ3n) is 3.61. The van der Waals surface area contributed by atoms with Crippen LogP contribution in [0.5, 0.6) is 0 Å². The van der Waals surface area contributed by atoms with E-state index in [0.717, 1.165) is 38.1 Å². The number of nitrogens with zero attached hydrogens (tertiary/aromatic N) is 2. The average Bonchev–Trinajstić information content (AvgIpc) is 2.58. The number of hydrogen-bond acceptors (Lipinski definition) is 4. The van der Waals surface area contributed by atoms with E-state index in [1.165, 1.54) is 0 Å². The van der Waals surface area contributed by atoms with Gasteiger partial charge in [-0.05, 0) is 26.8 Å². The SMILES string of the molecule is CC1OC2(CCN(C)CC2)C/C1=N\NC(N)=O. The molecule has 1 unspecified atom stereocenters. The van der Waals surface area contributed by atoms with Gasteiger partial charge in [0.05, 0.1) is 17.4 Å². The molecule has 96 valence electrons. The molecule has 0 saturated carbocycles. The number of hydrogen-bond donors (Lipinski definition) is 2. The highest BCUT2D eigenvalue weighted by Crippen LogP contribution is 2.37. The predicted octanol–water partition coefficient (Wildman–Crippen LogP) is 0.284. The Labute approximate surface area is 101 Å². The number of hydrazone groups is 1. The van der Waals surface area contributed by atoms with Crippen LogP contribution in [0.2, 0.25) is 0 Å². The van der Waals surface area contributed by atoms with Gasteiger partial charge in [-0.1, -0.05) is 0 Å². The standard InChI is InChI=1S/C11H20N4O2/c1-8-9(13-14-10(12)16)7-11(17-8)3-5-15(2)6-4-11/h8H,3-7H2,1-2H3,(H3,12,14,16)/b13-9+. The number of nitrogens with two attached hydrogens (primary N) is 1. The van der Waals surface area contributed by atoms with Crippen LogP contribution in [0.25, 0.3) is 0 Å². The van der Waals surface area contributed by atoms with Gasteiger partial charge in [0.1, 0.15) is 0 Å². The normalized spacial score (nSPS) is 30.9. The second-order valence-electron chi connectivity index (χ2n) is 5.00. The van der Waals surface area contributed by atoms with Crippen molar-refractivity contribution in [1.29, 1.82) is 0 Å². The van der Waals surface area contributed by atoms with Crippen molar-refractivity contribution in [3.8, 4) is 0 Å². The maximum absolute atomic E-state index is 10.6. The summed E-state index contributed by atoms with van der Waals surface area (Å²) in [7, 11) is 2.12. The highest BCUT2D eigenvalue weighted by atomic mass is 16.5. The van der Waals surface area contributed by atoms with E-state index >= 15 is 0 Å². The number of piperidine rings is 1. The summed E-state index contributed by atoms with van der Waals surface area (Å²) >= 11 is 0. The first-order valence-corrected chi connectivity index (χ1v) is 5.99. The van der Waals surface area contributed by atoms with Crippen molar-refractivity contribution in [2.24, 2.45) is 10.8 Å². The zero-order valence-electron chi connectivity index (χ0n) is 10.4. The molecule has 2 heterocycles. The van der Waals surface area contributed by atoms with E-state index in [4.69, 9.17) is 10.5 Å². The van der Waals surface area contributed by atoms with Crippen LogP contribution in [0, 0.1) is 0 Å². The first-order valence-electron chi connectivity index (χ1n) is 5.99. The van der Waals surface area contributed by atoms with Crippen molar-refractivity contribution in [3.63, 3.8) is 0 Å². The minimum absolute atomic E-state index is 0.0368. The highest BCUT2D eigenvalue weighted by Gasteiger charge is 2.44. The Kier molecular flexibility index (Phi) is 3.35. The van der Waals surface area contributed by atoms with Crippen LogP contribution in [-0.2, 0) is 4.74 Å². The van der Waals surface area contributed by atoms with Gasteiger partial charge < -0.3 is 15.4 Å². The van der Waals surface area contributed by atoms with E-state index < -0.39 is 6.03 Å². The summed E-state index contributed by atoms with van der Waals surface area (Å²) < 4.78 is 6.03. The third-order valence-corrected chi connectivity index (χ3v) is 3.61. The second-order valence-corrected chi connectivity index (χ2v) is 5.00. The molecule has 0 aromatic carbocycles. The van der Waals surface area contributed by atoms with Gasteiger partial charge in [0.2, 0.25) is 0 Å². The summed E-state index contributed by atoms with van der Waals surface area (Å²) in [5.41, 5.74) is 8.09. The van der Waals surface area contributed by atoms with Crippen molar-refractivity contribution in [2.45, 2.75) is 37.9 Å². The molecule has 2 aliphatic rings. The van der Waals surface area contributed by atoms with Crippen molar-refractivity contribution in [1.82, 2.24) is 10.3 Å². The monoisotopic (exact) mass is 240 g/mol. The van der Waals surface area contributed by atoms with Crippen molar-refractivity contribution in [3.05, 3.63) is 0 Å². The Morgan fingerprint density at radius 1 is 1.59 bits per heavy atom. The Balaban J connectivity index is 2.01. The molecule has 6 nitrogen and oxygen atoms in total. The van der Waals surface area contributed by atoms with E-state index in [1.807, 2.05) is 6.92 Å². The Hall–Kier alpha value is -1.14. The number of nitrogens with one attached hydrogen (secondary N) is 1. The quantitative estimate of drug-likeness (QED) is 0.646. The van der Waals surface area contributed by atoms with Gasteiger partial charge in [-0.25, -0.2) is 10.2 Å². The van der Waals surface area contributed by atoms with Crippen LogP contribution >= 0.6 is 0 Å². The zero-order valence-corrected chi connectivity index (χ0v) is 10.4. The van der Waals surface area contributed by atoms with Crippen LogP contribution in [0.3, 0.4) is 0 Å². The lowest BCUT2D eigenvalue weighted by molar-refractivity contribution is -0.0656. The number of likely N-dealkylation sites (tertiary alicyclic amines) is 1. The van der Waals surface area contributed by atoms with Gasteiger partial charge in [0.15, 0.2) is 0 Å². The smallest absolute Gasteiger partial charge is 0.332 e. The van der Waals surface area contributed by atoms with Gasteiger partial charge >= 0.3 is 6.03 Å². The minimum Gasteiger partial charge on any atom is -0.366 e. The zero-order chi connectivity index (χ0) is 12.5. The lowest BCUT2D eigenvalue weighted by Gasteiger charge is -2.36. The molecule has 1 atom stereocenters. The van der Waals surface area contributed by atoms with Gasteiger partial charge in [-0.15, -0.1) is 0 Å². The minimum atomic E-state index is -0.631. The molecule has 0 radical (unpaired) electrons. The van der Waals surface area contributed by atoms with Gasteiger partial charge in [-0.3, -0.25) is 0 Å². The topological polar surface area (TPSA) is 79.9 Å². The molecule has 2 fully saturated rings. The van der Waals surface area contributed by atoms with E-state index in [-0.39, 0.29) is 11.7 Å². The first kappa shape index (κ1) is 12.3. The average molecular weight is 240 g/mol. The van der Waals surface area contributed by atoms with Gasteiger partial charge in [0, 0.05) is 19.5 Å². The summed E-state index contributed by atoms with van der Waals surface area (Å²) in [6.45, 7) is 4.06. The molecule has 2 aliphatic heterocycles. The fraction of sp³-hybridized carbons (Fsp3) is 0.818. The molecule has 17 heavy (non-hydrogen) atoms. The van der Waals surface area contributed by atoms with Crippen molar-refractivity contribution in [2.75, 3.05) is 20.1 Å².